The molecule has 1 aromatic rings. The van der Waals surface area contributed by atoms with Gasteiger partial charge in [0, 0.05) is 12.8 Å². The van der Waals surface area contributed by atoms with Crippen LogP contribution in [0.3, 0.4) is 0 Å². The molecule has 0 amide bonds. The fraction of sp³-hybridized carbons (Fsp3) is 0.500. The molecule has 4 nitrogen and oxygen atoms in total. The second-order valence-corrected chi connectivity index (χ2v) is 6.81. The van der Waals surface area contributed by atoms with Crippen LogP contribution in [0.1, 0.15) is 12.8 Å². The molecule has 17 heavy (non-hydrogen) atoms. The highest BCUT2D eigenvalue weighted by Crippen LogP contribution is 2.44. The van der Waals surface area contributed by atoms with Crippen molar-refractivity contribution in [2.45, 2.75) is 17.7 Å². The predicted molar refractivity (Wildman–Crippen MR) is 68.8 cm³/mol. The first-order valence-corrected chi connectivity index (χ1v) is 7.59. The summed E-state index contributed by atoms with van der Waals surface area (Å²) in [5.41, 5.74) is 6.56. The van der Waals surface area contributed by atoms with Crippen LogP contribution in [0.4, 0.5) is 5.69 Å². The largest absolute Gasteiger partial charge is 0.383 e. The molecule has 1 aromatic carbocycles. The van der Waals surface area contributed by atoms with Crippen LogP contribution in [0.5, 0.6) is 0 Å². The van der Waals surface area contributed by atoms with Gasteiger partial charge in [0.2, 0.25) is 0 Å². The average Bonchev–Trinajstić information content (AvgIpc) is 3.06. The molecule has 0 heterocycles. The first-order valence-electron chi connectivity index (χ1n) is 5.70. The molecule has 5 heteroatoms. The zero-order valence-corrected chi connectivity index (χ0v) is 10.8. The van der Waals surface area contributed by atoms with Gasteiger partial charge in [0.15, 0.2) is 9.84 Å². The summed E-state index contributed by atoms with van der Waals surface area (Å²) in [6, 6.07) is 6.99. The summed E-state index contributed by atoms with van der Waals surface area (Å²) in [4.78, 5) is 0.354. The second kappa shape index (κ2) is 4.31. The topological polar surface area (TPSA) is 72.2 Å². The minimum Gasteiger partial charge on any atom is -0.383 e. The molecule has 0 aliphatic heterocycles. The number of nitrogens with one attached hydrogen (secondary N) is 1. The summed E-state index contributed by atoms with van der Waals surface area (Å²) in [5, 5.41) is 3.21. The Morgan fingerprint density at radius 3 is 2.53 bits per heavy atom. The maximum absolute atomic E-state index is 11.6. The lowest BCUT2D eigenvalue weighted by atomic mass is 10.1. The number of rotatable bonds is 5. The summed E-state index contributed by atoms with van der Waals surface area (Å²) in [7, 11) is -3.18. The van der Waals surface area contributed by atoms with Crippen molar-refractivity contribution in [2.24, 2.45) is 11.1 Å². The van der Waals surface area contributed by atoms with E-state index in [0.29, 0.717) is 17.1 Å². The zero-order valence-electron chi connectivity index (χ0n) is 9.94. The van der Waals surface area contributed by atoms with Gasteiger partial charge in [-0.3, -0.25) is 0 Å². The summed E-state index contributed by atoms with van der Waals surface area (Å²) >= 11 is 0. The van der Waals surface area contributed by atoms with Crippen molar-refractivity contribution >= 4 is 15.5 Å². The first kappa shape index (κ1) is 12.4. The van der Waals surface area contributed by atoms with Crippen molar-refractivity contribution in [3.63, 3.8) is 0 Å². The molecule has 0 saturated heterocycles. The number of sulfone groups is 1. The van der Waals surface area contributed by atoms with E-state index in [1.165, 1.54) is 6.26 Å². The van der Waals surface area contributed by atoms with Gasteiger partial charge in [0.1, 0.15) is 0 Å². The molecule has 94 valence electrons. The molecule has 1 aliphatic carbocycles. The Morgan fingerprint density at radius 1 is 1.35 bits per heavy atom. The Bertz CT molecular complexity index is 507. The van der Waals surface area contributed by atoms with Gasteiger partial charge in [0.05, 0.1) is 10.6 Å². The van der Waals surface area contributed by atoms with Crippen molar-refractivity contribution in [3.8, 4) is 0 Å². The van der Waals surface area contributed by atoms with E-state index in [0.717, 1.165) is 19.4 Å². The number of nitrogens with two attached hydrogens (primary N) is 1. The normalized spacial score (nSPS) is 17.8. The van der Waals surface area contributed by atoms with Crippen LogP contribution in [0, 0.1) is 5.41 Å². The lowest BCUT2D eigenvalue weighted by molar-refractivity contribution is 0.555. The highest BCUT2D eigenvalue weighted by molar-refractivity contribution is 7.90. The van der Waals surface area contributed by atoms with Crippen molar-refractivity contribution < 1.29 is 8.42 Å². The monoisotopic (exact) mass is 254 g/mol. The van der Waals surface area contributed by atoms with Gasteiger partial charge in [-0.2, -0.15) is 0 Å². The SMILES string of the molecule is CS(=O)(=O)c1ccccc1NCC1(CN)CC1. The number of benzene rings is 1. The smallest absolute Gasteiger partial charge is 0.177 e. The zero-order chi connectivity index (χ0) is 12.5. The van der Waals surface area contributed by atoms with E-state index >= 15 is 0 Å². The van der Waals surface area contributed by atoms with Crippen LogP contribution in [0.25, 0.3) is 0 Å². The van der Waals surface area contributed by atoms with Gasteiger partial charge in [-0.15, -0.1) is 0 Å². The molecule has 1 aliphatic rings. The van der Waals surface area contributed by atoms with E-state index < -0.39 is 9.84 Å². The summed E-state index contributed by atoms with van der Waals surface area (Å²) in [6.45, 7) is 1.40. The Kier molecular flexibility index (Phi) is 3.14. The van der Waals surface area contributed by atoms with Crippen molar-refractivity contribution in [2.75, 3.05) is 24.7 Å². The third-order valence-corrected chi connectivity index (χ3v) is 4.49. The fourth-order valence-corrected chi connectivity index (χ4v) is 2.71. The highest BCUT2D eigenvalue weighted by Gasteiger charge is 2.40. The van der Waals surface area contributed by atoms with Gasteiger partial charge in [-0.05, 0) is 36.9 Å². The Labute approximate surface area is 102 Å². The van der Waals surface area contributed by atoms with E-state index in [-0.39, 0.29) is 5.41 Å². The van der Waals surface area contributed by atoms with E-state index in [1.54, 1.807) is 18.2 Å². The molecule has 0 aromatic heterocycles. The van der Waals surface area contributed by atoms with E-state index in [1.807, 2.05) is 6.07 Å². The molecule has 3 N–H and O–H groups in total. The second-order valence-electron chi connectivity index (χ2n) is 4.83. The third kappa shape index (κ3) is 2.79. The maximum atomic E-state index is 11.6. The molecular weight excluding hydrogens is 236 g/mol. The number of anilines is 1. The maximum Gasteiger partial charge on any atom is 0.177 e. The molecular formula is C12H18N2O2S. The molecule has 0 bridgehead atoms. The Hall–Kier alpha value is -1.07. The van der Waals surface area contributed by atoms with Crippen LogP contribution >= 0.6 is 0 Å². The number of hydrogen-bond donors (Lipinski definition) is 2. The van der Waals surface area contributed by atoms with Gasteiger partial charge in [0.25, 0.3) is 0 Å². The van der Waals surface area contributed by atoms with E-state index in [4.69, 9.17) is 5.73 Å². The molecule has 0 unspecified atom stereocenters. The minimum absolute atomic E-state index is 0.185. The van der Waals surface area contributed by atoms with Crippen LogP contribution in [0.2, 0.25) is 0 Å². The number of para-hydroxylation sites is 1. The molecule has 0 spiro atoms. The first-order chi connectivity index (χ1) is 7.97. The van der Waals surface area contributed by atoms with Crippen LogP contribution < -0.4 is 11.1 Å². The Balaban J connectivity index is 2.16. The van der Waals surface area contributed by atoms with E-state index in [2.05, 4.69) is 5.32 Å². The third-order valence-electron chi connectivity index (χ3n) is 3.33. The Morgan fingerprint density at radius 2 is 2.00 bits per heavy atom. The molecule has 0 atom stereocenters. The molecule has 2 rings (SSSR count). The van der Waals surface area contributed by atoms with Crippen molar-refractivity contribution in [1.29, 1.82) is 0 Å². The summed E-state index contributed by atoms with van der Waals surface area (Å²) in [6.07, 6.45) is 3.47. The van der Waals surface area contributed by atoms with Crippen LogP contribution in [0.15, 0.2) is 29.2 Å². The molecule has 0 radical (unpaired) electrons. The van der Waals surface area contributed by atoms with Crippen LogP contribution in [-0.2, 0) is 9.84 Å². The van der Waals surface area contributed by atoms with Crippen molar-refractivity contribution in [1.82, 2.24) is 0 Å². The molecule has 1 saturated carbocycles. The fourth-order valence-electron chi connectivity index (χ4n) is 1.85. The quantitative estimate of drug-likeness (QED) is 0.829. The standard InChI is InChI=1S/C12H18N2O2S/c1-17(15,16)11-5-3-2-4-10(11)14-9-12(8-13)6-7-12/h2-5,14H,6-9,13H2,1H3. The van der Waals surface area contributed by atoms with Gasteiger partial charge in [-0.1, -0.05) is 12.1 Å². The van der Waals surface area contributed by atoms with Crippen LogP contribution in [-0.4, -0.2) is 27.8 Å². The average molecular weight is 254 g/mol. The van der Waals surface area contributed by atoms with Gasteiger partial charge >= 0.3 is 0 Å². The summed E-state index contributed by atoms with van der Waals surface area (Å²) in [5.74, 6) is 0. The van der Waals surface area contributed by atoms with E-state index in [9.17, 15) is 8.42 Å². The predicted octanol–water partition coefficient (Wildman–Crippen LogP) is 1.24. The number of hydrogen-bond acceptors (Lipinski definition) is 4. The van der Waals surface area contributed by atoms with Gasteiger partial charge < -0.3 is 11.1 Å². The molecule has 1 fully saturated rings. The highest BCUT2D eigenvalue weighted by atomic mass is 32.2. The van der Waals surface area contributed by atoms with Gasteiger partial charge in [-0.25, -0.2) is 8.42 Å². The summed E-state index contributed by atoms with van der Waals surface area (Å²) < 4.78 is 23.2. The lowest BCUT2D eigenvalue weighted by Gasteiger charge is -2.16. The lowest BCUT2D eigenvalue weighted by Crippen LogP contribution is -2.24. The minimum atomic E-state index is -3.18. The van der Waals surface area contributed by atoms with Crippen molar-refractivity contribution in [3.05, 3.63) is 24.3 Å².